The van der Waals surface area contributed by atoms with Crippen LogP contribution in [-0.4, -0.2) is 22.6 Å². The second-order valence-electron chi connectivity index (χ2n) is 7.74. The van der Waals surface area contributed by atoms with Crippen molar-refractivity contribution in [3.05, 3.63) is 118 Å². The summed E-state index contributed by atoms with van der Waals surface area (Å²) in [4.78, 5) is 24.4. The SMILES string of the molecule is COC(=O)[C@@H](c1ccccc1)c1ccc([N+](=O)[O-])c(-n2c3ccccc3c3ccccc32)c1. The van der Waals surface area contributed by atoms with Crippen molar-refractivity contribution in [2.45, 2.75) is 5.92 Å². The predicted octanol–water partition coefficient (Wildman–Crippen LogP) is 6.00. The fraction of sp³-hybridized carbons (Fsp3) is 0.0741. The van der Waals surface area contributed by atoms with Crippen molar-refractivity contribution >= 4 is 33.5 Å². The van der Waals surface area contributed by atoms with Crippen molar-refractivity contribution in [3.63, 3.8) is 0 Å². The van der Waals surface area contributed by atoms with E-state index in [0.29, 0.717) is 11.3 Å². The largest absolute Gasteiger partial charge is 0.468 e. The highest BCUT2D eigenvalue weighted by atomic mass is 16.6. The van der Waals surface area contributed by atoms with Gasteiger partial charge < -0.3 is 9.30 Å². The molecule has 0 saturated heterocycles. The highest BCUT2D eigenvalue weighted by Crippen LogP contribution is 2.37. The van der Waals surface area contributed by atoms with Gasteiger partial charge in [0.15, 0.2) is 0 Å². The number of methoxy groups -OCH3 is 1. The number of aromatic nitrogens is 1. The van der Waals surface area contributed by atoms with E-state index < -0.39 is 16.8 Å². The molecule has 0 aliphatic heterocycles. The van der Waals surface area contributed by atoms with Crippen LogP contribution in [-0.2, 0) is 9.53 Å². The number of para-hydroxylation sites is 2. The lowest BCUT2D eigenvalue weighted by Gasteiger charge is -2.17. The normalized spacial score (nSPS) is 12.0. The monoisotopic (exact) mass is 436 g/mol. The van der Waals surface area contributed by atoms with E-state index in [1.165, 1.54) is 13.2 Å². The fourth-order valence-corrected chi connectivity index (χ4v) is 4.46. The van der Waals surface area contributed by atoms with E-state index in [4.69, 9.17) is 4.74 Å². The Morgan fingerprint density at radius 3 is 1.97 bits per heavy atom. The molecule has 0 amide bonds. The van der Waals surface area contributed by atoms with Gasteiger partial charge in [-0.05, 0) is 29.3 Å². The topological polar surface area (TPSA) is 74.4 Å². The van der Waals surface area contributed by atoms with Gasteiger partial charge in [0.05, 0.1) is 23.1 Å². The summed E-state index contributed by atoms with van der Waals surface area (Å²) in [6, 6.07) is 29.7. The number of carbonyl (C=O) groups excluding carboxylic acids is 1. The number of ether oxygens (including phenoxy) is 1. The molecule has 33 heavy (non-hydrogen) atoms. The van der Waals surface area contributed by atoms with Gasteiger partial charge in [0, 0.05) is 16.8 Å². The molecule has 0 aliphatic rings. The first-order valence-electron chi connectivity index (χ1n) is 10.5. The number of nitro benzene ring substituents is 1. The van der Waals surface area contributed by atoms with E-state index in [2.05, 4.69) is 0 Å². The maximum Gasteiger partial charge on any atom is 0.317 e. The first-order valence-corrected chi connectivity index (χ1v) is 10.5. The molecule has 1 aromatic heterocycles. The Labute approximate surface area is 189 Å². The van der Waals surface area contributed by atoms with Gasteiger partial charge in [-0.3, -0.25) is 14.9 Å². The van der Waals surface area contributed by atoms with Gasteiger partial charge in [-0.1, -0.05) is 72.8 Å². The first-order chi connectivity index (χ1) is 16.1. The Kier molecular flexibility index (Phi) is 5.11. The number of hydrogen-bond donors (Lipinski definition) is 0. The summed E-state index contributed by atoms with van der Waals surface area (Å²) in [5.41, 5.74) is 3.45. The Morgan fingerprint density at radius 1 is 0.818 bits per heavy atom. The Balaban J connectivity index is 1.83. The number of rotatable bonds is 5. The fourth-order valence-electron chi connectivity index (χ4n) is 4.46. The molecule has 0 unspecified atom stereocenters. The average molecular weight is 436 g/mol. The lowest BCUT2D eigenvalue weighted by atomic mass is 9.90. The van der Waals surface area contributed by atoms with Gasteiger partial charge in [-0.15, -0.1) is 0 Å². The Hall–Kier alpha value is -4.45. The van der Waals surface area contributed by atoms with Crippen LogP contribution in [0, 0.1) is 10.1 Å². The van der Waals surface area contributed by atoms with Crippen LogP contribution in [0.2, 0.25) is 0 Å². The number of carbonyl (C=O) groups is 1. The van der Waals surface area contributed by atoms with Crippen LogP contribution < -0.4 is 0 Å². The summed E-state index contributed by atoms with van der Waals surface area (Å²) in [5.74, 6) is -1.13. The summed E-state index contributed by atoms with van der Waals surface area (Å²) in [7, 11) is 1.34. The van der Waals surface area contributed by atoms with Crippen molar-refractivity contribution in [3.8, 4) is 5.69 Å². The third-order valence-electron chi connectivity index (χ3n) is 5.92. The quantitative estimate of drug-likeness (QED) is 0.192. The summed E-state index contributed by atoms with van der Waals surface area (Å²) < 4.78 is 6.98. The number of nitrogens with zero attached hydrogens (tertiary/aromatic N) is 2. The Morgan fingerprint density at radius 2 is 1.39 bits per heavy atom. The van der Waals surface area contributed by atoms with E-state index in [1.54, 1.807) is 12.1 Å². The molecule has 6 heteroatoms. The number of nitro groups is 1. The van der Waals surface area contributed by atoms with Gasteiger partial charge in [-0.2, -0.15) is 0 Å². The van der Waals surface area contributed by atoms with Gasteiger partial charge in [0.25, 0.3) is 5.69 Å². The molecule has 0 radical (unpaired) electrons. The van der Waals surface area contributed by atoms with Crippen LogP contribution >= 0.6 is 0 Å². The van der Waals surface area contributed by atoms with E-state index in [0.717, 1.165) is 27.4 Å². The minimum atomic E-state index is -0.705. The zero-order valence-electron chi connectivity index (χ0n) is 17.8. The lowest BCUT2D eigenvalue weighted by Crippen LogP contribution is -2.16. The average Bonchev–Trinajstić information content (AvgIpc) is 3.19. The number of benzene rings is 4. The number of esters is 1. The predicted molar refractivity (Wildman–Crippen MR) is 128 cm³/mol. The molecule has 5 aromatic rings. The van der Waals surface area contributed by atoms with Crippen LogP contribution in [0.3, 0.4) is 0 Å². The van der Waals surface area contributed by atoms with Crippen LogP contribution in [0.15, 0.2) is 97.1 Å². The molecule has 162 valence electrons. The molecular formula is C27H20N2O4. The molecule has 1 atom stereocenters. The first kappa shape index (κ1) is 20.5. The maximum absolute atomic E-state index is 12.8. The molecule has 4 aromatic carbocycles. The molecule has 0 bridgehead atoms. The van der Waals surface area contributed by atoms with Crippen molar-refractivity contribution in [2.75, 3.05) is 7.11 Å². The third kappa shape index (κ3) is 3.42. The minimum absolute atomic E-state index is 0.0399. The Bertz CT molecular complexity index is 1450. The zero-order chi connectivity index (χ0) is 22.9. The summed E-state index contributed by atoms with van der Waals surface area (Å²) in [6.45, 7) is 0. The maximum atomic E-state index is 12.8. The highest BCUT2D eigenvalue weighted by Gasteiger charge is 2.27. The molecule has 0 N–H and O–H groups in total. The molecule has 1 heterocycles. The number of hydrogen-bond acceptors (Lipinski definition) is 4. The molecule has 0 saturated carbocycles. The molecule has 0 aliphatic carbocycles. The van der Waals surface area contributed by atoms with E-state index in [9.17, 15) is 14.9 Å². The minimum Gasteiger partial charge on any atom is -0.468 e. The van der Waals surface area contributed by atoms with Crippen LogP contribution in [0.1, 0.15) is 17.0 Å². The summed E-state index contributed by atoms with van der Waals surface area (Å²) >= 11 is 0. The standard InChI is InChI=1S/C27H20N2O4/c1-33-27(30)26(18-9-3-2-4-10-18)19-15-16-24(29(31)32)25(17-19)28-22-13-7-5-11-20(22)21-12-6-8-14-23(21)28/h2-17,26H,1H3/t26-/m0/s1. The van der Waals surface area contributed by atoms with Crippen molar-refractivity contribution in [1.82, 2.24) is 4.57 Å². The van der Waals surface area contributed by atoms with Gasteiger partial charge >= 0.3 is 5.97 Å². The van der Waals surface area contributed by atoms with Crippen LogP contribution in [0.4, 0.5) is 5.69 Å². The second kappa shape index (κ2) is 8.24. The molecule has 0 spiro atoms. The smallest absolute Gasteiger partial charge is 0.317 e. The van der Waals surface area contributed by atoms with Gasteiger partial charge in [0.1, 0.15) is 11.6 Å². The van der Waals surface area contributed by atoms with Crippen molar-refractivity contribution in [1.29, 1.82) is 0 Å². The molecular weight excluding hydrogens is 416 g/mol. The van der Waals surface area contributed by atoms with Crippen molar-refractivity contribution in [2.24, 2.45) is 0 Å². The lowest BCUT2D eigenvalue weighted by molar-refractivity contribution is -0.384. The second-order valence-corrected chi connectivity index (χ2v) is 7.74. The third-order valence-corrected chi connectivity index (χ3v) is 5.92. The summed E-state index contributed by atoms with van der Waals surface area (Å²) in [5, 5.41) is 14.0. The molecule has 5 rings (SSSR count). The van der Waals surface area contributed by atoms with E-state index in [1.807, 2.05) is 83.4 Å². The summed E-state index contributed by atoms with van der Waals surface area (Å²) in [6.07, 6.45) is 0. The van der Waals surface area contributed by atoms with Gasteiger partial charge in [-0.25, -0.2) is 0 Å². The van der Waals surface area contributed by atoms with Crippen LogP contribution in [0.5, 0.6) is 0 Å². The highest BCUT2D eigenvalue weighted by molar-refractivity contribution is 6.09. The van der Waals surface area contributed by atoms with Crippen LogP contribution in [0.25, 0.3) is 27.5 Å². The van der Waals surface area contributed by atoms with Gasteiger partial charge in [0.2, 0.25) is 0 Å². The van der Waals surface area contributed by atoms with E-state index >= 15 is 0 Å². The molecule has 6 nitrogen and oxygen atoms in total. The van der Waals surface area contributed by atoms with E-state index in [-0.39, 0.29) is 5.69 Å². The molecule has 0 fully saturated rings. The van der Waals surface area contributed by atoms with Crippen molar-refractivity contribution < 1.29 is 14.5 Å². The number of fused-ring (bicyclic) bond motifs is 3. The zero-order valence-corrected chi connectivity index (χ0v) is 17.8.